The summed E-state index contributed by atoms with van der Waals surface area (Å²) in [5.41, 5.74) is 7.34. The number of halogens is 1. The van der Waals surface area contributed by atoms with Gasteiger partial charge in [0.2, 0.25) is 5.91 Å². The van der Waals surface area contributed by atoms with Crippen molar-refractivity contribution in [3.63, 3.8) is 0 Å². The number of hydrogen-bond donors (Lipinski definition) is 2. The molecule has 0 unspecified atom stereocenters. The van der Waals surface area contributed by atoms with Crippen molar-refractivity contribution in [2.75, 3.05) is 5.32 Å². The lowest BCUT2D eigenvalue weighted by Gasteiger charge is -2.02. The normalized spacial score (nSPS) is 10.4. The highest BCUT2D eigenvalue weighted by molar-refractivity contribution is 7.14. The Morgan fingerprint density at radius 3 is 2.54 bits per heavy atom. The molecule has 0 atom stereocenters. The summed E-state index contributed by atoms with van der Waals surface area (Å²) in [6, 6.07) is 12.0. The minimum Gasteiger partial charge on any atom is -0.366 e. The van der Waals surface area contributed by atoms with Crippen molar-refractivity contribution < 1.29 is 14.0 Å². The largest absolute Gasteiger partial charge is 0.366 e. The van der Waals surface area contributed by atoms with Gasteiger partial charge in [0.15, 0.2) is 5.13 Å². The first-order valence-electron chi connectivity index (χ1n) is 6.95. The van der Waals surface area contributed by atoms with Gasteiger partial charge in [-0.1, -0.05) is 12.1 Å². The van der Waals surface area contributed by atoms with Crippen LogP contribution in [0.2, 0.25) is 0 Å². The predicted octanol–water partition coefficient (Wildman–Crippen LogP) is 3.30. The first-order valence-corrected chi connectivity index (χ1v) is 7.83. The lowest BCUT2D eigenvalue weighted by Crippen LogP contribution is -2.11. The Bertz CT molecular complexity index is 906. The molecule has 0 radical (unpaired) electrons. The summed E-state index contributed by atoms with van der Waals surface area (Å²) in [5.74, 6) is -1.30. The number of nitrogens with one attached hydrogen (secondary N) is 1. The molecule has 0 bridgehead atoms. The molecule has 0 saturated carbocycles. The van der Waals surface area contributed by atoms with Crippen LogP contribution in [0.25, 0.3) is 11.3 Å². The Hall–Kier alpha value is -3.06. The SMILES string of the molecule is NC(=O)c1cccc(-c2csc(NC(=O)c3ccc(F)cc3)n2)c1. The molecule has 0 fully saturated rings. The highest BCUT2D eigenvalue weighted by Crippen LogP contribution is 2.25. The summed E-state index contributed by atoms with van der Waals surface area (Å²) in [7, 11) is 0. The molecule has 2 aromatic carbocycles. The molecule has 1 aromatic heterocycles. The zero-order chi connectivity index (χ0) is 17.1. The van der Waals surface area contributed by atoms with Crippen molar-refractivity contribution in [1.29, 1.82) is 0 Å². The Morgan fingerprint density at radius 1 is 1.08 bits per heavy atom. The van der Waals surface area contributed by atoms with E-state index >= 15 is 0 Å². The van der Waals surface area contributed by atoms with E-state index < -0.39 is 11.7 Å². The molecule has 2 amide bonds. The minimum atomic E-state index is -0.517. The van der Waals surface area contributed by atoms with E-state index in [4.69, 9.17) is 5.73 Å². The monoisotopic (exact) mass is 341 g/mol. The smallest absolute Gasteiger partial charge is 0.257 e. The summed E-state index contributed by atoms with van der Waals surface area (Å²) in [6.45, 7) is 0. The summed E-state index contributed by atoms with van der Waals surface area (Å²) < 4.78 is 12.9. The van der Waals surface area contributed by atoms with Gasteiger partial charge in [0.05, 0.1) is 5.69 Å². The van der Waals surface area contributed by atoms with Crippen molar-refractivity contribution in [2.45, 2.75) is 0 Å². The number of carbonyl (C=O) groups is 2. The summed E-state index contributed by atoms with van der Waals surface area (Å²) in [6.07, 6.45) is 0. The van der Waals surface area contributed by atoms with E-state index in [9.17, 15) is 14.0 Å². The van der Waals surface area contributed by atoms with Crippen LogP contribution in [-0.2, 0) is 0 Å². The van der Waals surface area contributed by atoms with E-state index in [-0.39, 0.29) is 5.91 Å². The van der Waals surface area contributed by atoms with Gasteiger partial charge in [-0.3, -0.25) is 14.9 Å². The fourth-order valence-corrected chi connectivity index (χ4v) is 2.78. The topological polar surface area (TPSA) is 85.1 Å². The number of primary amides is 1. The van der Waals surface area contributed by atoms with Crippen LogP contribution in [0.4, 0.5) is 9.52 Å². The van der Waals surface area contributed by atoms with Gasteiger partial charge in [0, 0.05) is 22.1 Å². The third-order valence-electron chi connectivity index (χ3n) is 3.27. The Kier molecular flexibility index (Phi) is 4.35. The summed E-state index contributed by atoms with van der Waals surface area (Å²) in [5, 5.41) is 4.83. The van der Waals surface area contributed by atoms with Gasteiger partial charge in [-0.05, 0) is 36.4 Å². The van der Waals surface area contributed by atoms with Gasteiger partial charge in [-0.2, -0.15) is 0 Å². The van der Waals surface area contributed by atoms with Crippen LogP contribution >= 0.6 is 11.3 Å². The maximum atomic E-state index is 12.9. The maximum absolute atomic E-state index is 12.9. The number of anilines is 1. The van der Waals surface area contributed by atoms with Crippen molar-refractivity contribution in [1.82, 2.24) is 4.98 Å². The van der Waals surface area contributed by atoms with Crippen LogP contribution in [0.3, 0.4) is 0 Å². The minimum absolute atomic E-state index is 0.337. The number of thiazole rings is 1. The molecule has 120 valence electrons. The fraction of sp³-hybridized carbons (Fsp3) is 0. The van der Waals surface area contributed by atoms with Crippen LogP contribution < -0.4 is 11.1 Å². The average molecular weight is 341 g/mol. The van der Waals surface area contributed by atoms with Crippen LogP contribution in [0, 0.1) is 5.82 Å². The zero-order valence-corrected chi connectivity index (χ0v) is 13.1. The second kappa shape index (κ2) is 6.59. The van der Waals surface area contributed by atoms with Gasteiger partial charge < -0.3 is 5.73 Å². The average Bonchev–Trinajstić information content (AvgIpc) is 3.04. The molecule has 0 aliphatic carbocycles. The molecule has 0 spiro atoms. The third-order valence-corrected chi connectivity index (χ3v) is 4.03. The lowest BCUT2D eigenvalue weighted by molar-refractivity contribution is 0.0997. The Balaban J connectivity index is 1.78. The first kappa shape index (κ1) is 15.8. The number of nitrogens with zero attached hydrogens (tertiary/aromatic N) is 1. The van der Waals surface area contributed by atoms with E-state index in [1.807, 2.05) is 0 Å². The second-order valence-electron chi connectivity index (χ2n) is 4.94. The highest BCUT2D eigenvalue weighted by Gasteiger charge is 2.11. The number of hydrogen-bond acceptors (Lipinski definition) is 4. The van der Waals surface area contributed by atoms with E-state index in [1.54, 1.807) is 29.6 Å². The highest BCUT2D eigenvalue weighted by atomic mass is 32.1. The van der Waals surface area contributed by atoms with E-state index in [1.165, 1.54) is 35.6 Å². The molecule has 7 heteroatoms. The van der Waals surface area contributed by atoms with Crippen molar-refractivity contribution >= 4 is 28.3 Å². The van der Waals surface area contributed by atoms with Crippen molar-refractivity contribution in [2.24, 2.45) is 5.73 Å². The van der Waals surface area contributed by atoms with E-state index in [0.29, 0.717) is 22.0 Å². The molecule has 5 nitrogen and oxygen atoms in total. The molecule has 3 aromatic rings. The fourth-order valence-electron chi connectivity index (χ4n) is 2.07. The summed E-state index contributed by atoms with van der Waals surface area (Å²) >= 11 is 1.25. The molecular weight excluding hydrogens is 329 g/mol. The first-order chi connectivity index (χ1) is 11.5. The third kappa shape index (κ3) is 3.47. The van der Waals surface area contributed by atoms with Crippen LogP contribution in [0.1, 0.15) is 20.7 Å². The second-order valence-corrected chi connectivity index (χ2v) is 5.80. The van der Waals surface area contributed by atoms with Gasteiger partial charge in [0.25, 0.3) is 5.91 Å². The Labute approximate surface area is 141 Å². The van der Waals surface area contributed by atoms with Gasteiger partial charge >= 0.3 is 0 Å². The Morgan fingerprint density at radius 2 is 1.83 bits per heavy atom. The number of rotatable bonds is 4. The maximum Gasteiger partial charge on any atom is 0.257 e. The molecule has 0 aliphatic heterocycles. The number of carbonyl (C=O) groups excluding carboxylic acids is 2. The standard InChI is InChI=1S/C17H12FN3O2S/c18-13-6-4-10(5-7-13)16(23)21-17-20-14(9-24-17)11-2-1-3-12(8-11)15(19)22/h1-9H,(H2,19,22)(H,20,21,23). The van der Waals surface area contributed by atoms with Gasteiger partial charge in [0.1, 0.15) is 5.82 Å². The number of benzene rings is 2. The molecule has 3 N–H and O–H groups in total. The summed E-state index contributed by atoms with van der Waals surface area (Å²) in [4.78, 5) is 27.6. The van der Waals surface area contributed by atoms with E-state index in [0.717, 1.165) is 5.56 Å². The van der Waals surface area contributed by atoms with Crippen molar-refractivity contribution in [3.8, 4) is 11.3 Å². The molecule has 24 heavy (non-hydrogen) atoms. The number of amides is 2. The molecule has 0 saturated heterocycles. The number of aromatic nitrogens is 1. The van der Waals surface area contributed by atoms with Crippen molar-refractivity contribution in [3.05, 3.63) is 70.9 Å². The van der Waals surface area contributed by atoms with Crippen LogP contribution in [0.15, 0.2) is 53.9 Å². The lowest BCUT2D eigenvalue weighted by atomic mass is 10.1. The van der Waals surface area contributed by atoms with Gasteiger partial charge in [-0.15, -0.1) is 11.3 Å². The molecule has 3 rings (SSSR count). The predicted molar refractivity (Wildman–Crippen MR) is 90.4 cm³/mol. The van der Waals surface area contributed by atoms with E-state index in [2.05, 4.69) is 10.3 Å². The molecular formula is C17H12FN3O2S. The quantitative estimate of drug-likeness (QED) is 0.763. The zero-order valence-electron chi connectivity index (χ0n) is 12.3. The van der Waals surface area contributed by atoms with Crippen LogP contribution in [0.5, 0.6) is 0 Å². The molecule has 0 aliphatic rings. The molecule has 1 heterocycles. The van der Waals surface area contributed by atoms with Gasteiger partial charge in [-0.25, -0.2) is 9.37 Å². The number of nitrogens with two attached hydrogens (primary N) is 1. The van der Waals surface area contributed by atoms with Crippen LogP contribution in [-0.4, -0.2) is 16.8 Å².